The van der Waals surface area contributed by atoms with E-state index >= 15 is 0 Å². The van der Waals surface area contributed by atoms with Crippen molar-refractivity contribution in [3.05, 3.63) is 24.2 Å². The van der Waals surface area contributed by atoms with E-state index in [1.165, 1.54) is 0 Å². The zero-order valence-electron chi connectivity index (χ0n) is 6.73. The highest BCUT2D eigenvalue weighted by atomic mass is 16.4. The van der Waals surface area contributed by atoms with Gasteiger partial charge in [0.05, 0.1) is 12.8 Å². The number of hydrogen-bond acceptors (Lipinski definition) is 6. The van der Waals surface area contributed by atoms with Crippen molar-refractivity contribution < 1.29 is 8.83 Å². The Morgan fingerprint density at radius 3 is 3.00 bits per heavy atom. The number of hydrogen-bond donors (Lipinski definition) is 2. The average molecular weight is 180 g/mol. The Hall–Kier alpha value is -1.98. The van der Waals surface area contributed by atoms with Crippen LogP contribution in [0.25, 0.3) is 0 Å². The maximum Gasteiger partial charge on any atom is 0.317 e. The van der Waals surface area contributed by atoms with Crippen molar-refractivity contribution in [2.45, 2.75) is 6.54 Å². The summed E-state index contributed by atoms with van der Waals surface area (Å²) in [6.07, 6.45) is 1.60. The Balaban J connectivity index is 1.93. The van der Waals surface area contributed by atoms with Crippen LogP contribution in [0.15, 0.2) is 27.2 Å². The first-order valence-electron chi connectivity index (χ1n) is 3.70. The van der Waals surface area contributed by atoms with Gasteiger partial charge in [-0.05, 0) is 12.1 Å². The molecule has 0 aliphatic heterocycles. The minimum Gasteiger partial charge on any atom is -0.467 e. The number of aromatic nitrogens is 2. The van der Waals surface area contributed by atoms with E-state index in [2.05, 4.69) is 15.5 Å². The van der Waals surface area contributed by atoms with Crippen LogP contribution in [0.5, 0.6) is 0 Å². The van der Waals surface area contributed by atoms with Gasteiger partial charge in [0.25, 0.3) is 0 Å². The first-order valence-corrected chi connectivity index (χ1v) is 3.70. The number of anilines is 2. The van der Waals surface area contributed by atoms with Gasteiger partial charge in [0.1, 0.15) is 5.76 Å². The van der Waals surface area contributed by atoms with Crippen molar-refractivity contribution in [3.8, 4) is 0 Å². The summed E-state index contributed by atoms with van der Waals surface area (Å²) >= 11 is 0. The summed E-state index contributed by atoms with van der Waals surface area (Å²) in [7, 11) is 0. The van der Waals surface area contributed by atoms with Crippen molar-refractivity contribution in [2.24, 2.45) is 0 Å². The second-order valence-electron chi connectivity index (χ2n) is 2.38. The SMILES string of the molecule is Nc1nnc(NCc2ccco2)o1. The van der Waals surface area contributed by atoms with Gasteiger partial charge in [0.15, 0.2) is 0 Å². The van der Waals surface area contributed by atoms with Gasteiger partial charge in [-0.2, -0.15) is 0 Å². The molecule has 0 fully saturated rings. The van der Waals surface area contributed by atoms with Crippen LogP contribution in [0, 0.1) is 0 Å². The molecule has 0 aromatic carbocycles. The van der Waals surface area contributed by atoms with E-state index in [9.17, 15) is 0 Å². The number of nitrogens with zero attached hydrogens (tertiary/aromatic N) is 2. The van der Waals surface area contributed by atoms with Crippen LogP contribution >= 0.6 is 0 Å². The highest BCUT2D eigenvalue weighted by Crippen LogP contribution is 2.08. The van der Waals surface area contributed by atoms with E-state index in [0.717, 1.165) is 5.76 Å². The maximum absolute atomic E-state index is 5.22. The molecule has 2 aromatic rings. The van der Waals surface area contributed by atoms with Crippen LogP contribution in [-0.2, 0) is 6.54 Å². The summed E-state index contributed by atoms with van der Waals surface area (Å²) < 4.78 is 9.96. The minimum atomic E-state index is 0.0435. The first-order chi connectivity index (χ1) is 6.34. The van der Waals surface area contributed by atoms with Gasteiger partial charge >= 0.3 is 12.0 Å². The Morgan fingerprint density at radius 1 is 1.46 bits per heavy atom. The van der Waals surface area contributed by atoms with Gasteiger partial charge < -0.3 is 19.9 Å². The smallest absolute Gasteiger partial charge is 0.317 e. The molecule has 2 aromatic heterocycles. The highest BCUT2D eigenvalue weighted by Gasteiger charge is 2.02. The van der Waals surface area contributed by atoms with Gasteiger partial charge in [-0.1, -0.05) is 10.2 Å². The van der Waals surface area contributed by atoms with Gasteiger partial charge in [-0.3, -0.25) is 0 Å². The fourth-order valence-corrected chi connectivity index (χ4v) is 0.882. The van der Waals surface area contributed by atoms with Gasteiger partial charge in [-0.25, -0.2) is 0 Å². The topological polar surface area (TPSA) is 90.1 Å². The molecule has 0 spiro atoms. The predicted octanol–water partition coefficient (Wildman–Crippen LogP) is 0.857. The molecule has 0 amide bonds. The molecular weight excluding hydrogens is 172 g/mol. The molecule has 6 nitrogen and oxygen atoms in total. The summed E-state index contributed by atoms with van der Waals surface area (Å²) in [4.78, 5) is 0. The fourth-order valence-electron chi connectivity index (χ4n) is 0.882. The lowest BCUT2D eigenvalue weighted by molar-refractivity contribution is 0.511. The predicted molar refractivity (Wildman–Crippen MR) is 44.7 cm³/mol. The van der Waals surface area contributed by atoms with E-state index in [1.807, 2.05) is 6.07 Å². The maximum atomic E-state index is 5.22. The van der Waals surface area contributed by atoms with Crippen LogP contribution in [0.4, 0.5) is 12.0 Å². The average Bonchev–Trinajstić information content (AvgIpc) is 2.71. The number of furan rings is 1. The Labute approximate surface area is 73.7 Å². The van der Waals surface area contributed by atoms with Gasteiger partial charge in [0.2, 0.25) is 0 Å². The summed E-state index contributed by atoms with van der Waals surface area (Å²) in [6.45, 7) is 0.495. The molecule has 68 valence electrons. The van der Waals surface area contributed by atoms with E-state index in [0.29, 0.717) is 6.54 Å². The van der Waals surface area contributed by atoms with Crippen molar-refractivity contribution in [1.82, 2.24) is 10.2 Å². The molecule has 13 heavy (non-hydrogen) atoms. The lowest BCUT2D eigenvalue weighted by Gasteiger charge is -1.95. The second-order valence-corrected chi connectivity index (χ2v) is 2.38. The van der Waals surface area contributed by atoms with Gasteiger partial charge in [0, 0.05) is 0 Å². The minimum absolute atomic E-state index is 0.0435. The third-order valence-corrected chi connectivity index (χ3v) is 1.43. The summed E-state index contributed by atoms with van der Waals surface area (Å²) in [5.74, 6) is 0.789. The lowest BCUT2D eigenvalue weighted by atomic mass is 10.4. The third-order valence-electron chi connectivity index (χ3n) is 1.43. The fraction of sp³-hybridized carbons (Fsp3) is 0.143. The monoisotopic (exact) mass is 180 g/mol. The van der Waals surface area contributed by atoms with Crippen molar-refractivity contribution in [1.29, 1.82) is 0 Å². The second kappa shape index (κ2) is 3.18. The van der Waals surface area contributed by atoms with E-state index in [1.54, 1.807) is 12.3 Å². The zero-order valence-corrected chi connectivity index (χ0v) is 6.73. The molecule has 0 aliphatic rings. The van der Waals surface area contributed by atoms with Crippen LogP contribution in [0.1, 0.15) is 5.76 Å². The Bertz CT molecular complexity index is 368. The standard InChI is InChI=1S/C7H8N4O2/c8-6-10-11-7(13-6)9-4-5-2-1-3-12-5/h1-3H,4H2,(H2,8,10)(H,9,11). The summed E-state index contributed by atoms with van der Waals surface area (Å²) in [5.41, 5.74) is 5.22. The molecular formula is C7H8N4O2. The normalized spacial score (nSPS) is 10.2. The van der Waals surface area contributed by atoms with Crippen LogP contribution < -0.4 is 11.1 Å². The van der Waals surface area contributed by atoms with Gasteiger partial charge in [-0.15, -0.1) is 0 Å². The van der Waals surface area contributed by atoms with Crippen LogP contribution in [-0.4, -0.2) is 10.2 Å². The van der Waals surface area contributed by atoms with E-state index in [-0.39, 0.29) is 12.0 Å². The Morgan fingerprint density at radius 2 is 2.38 bits per heavy atom. The first kappa shape index (κ1) is 7.66. The molecule has 2 rings (SSSR count). The van der Waals surface area contributed by atoms with E-state index in [4.69, 9.17) is 14.6 Å². The molecule has 6 heteroatoms. The van der Waals surface area contributed by atoms with Crippen molar-refractivity contribution in [3.63, 3.8) is 0 Å². The zero-order chi connectivity index (χ0) is 9.10. The summed E-state index contributed by atoms with van der Waals surface area (Å²) in [5, 5.41) is 9.96. The van der Waals surface area contributed by atoms with Crippen molar-refractivity contribution >= 4 is 12.0 Å². The lowest BCUT2D eigenvalue weighted by Crippen LogP contribution is -1.97. The largest absolute Gasteiger partial charge is 0.467 e. The molecule has 3 N–H and O–H groups in total. The number of nitrogens with one attached hydrogen (secondary N) is 1. The quantitative estimate of drug-likeness (QED) is 0.727. The van der Waals surface area contributed by atoms with Crippen LogP contribution in [0.3, 0.4) is 0 Å². The molecule has 0 saturated carbocycles. The Kier molecular flexibility index (Phi) is 1.87. The molecule has 0 bridgehead atoms. The van der Waals surface area contributed by atoms with Crippen molar-refractivity contribution in [2.75, 3.05) is 11.1 Å². The number of nitrogens with two attached hydrogens (primary N) is 1. The molecule has 2 heterocycles. The third kappa shape index (κ3) is 1.78. The number of nitrogen functional groups attached to an aromatic ring is 1. The highest BCUT2D eigenvalue weighted by molar-refractivity contribution is 5.23. The molecule has 0 atom stereocenters. The molecule has 0 saturated heterocycles. The molecule has 0 radical (unpaired) electrons. The molecule has 0 aliphatic carbocycles. The molecule has 0 unspecified atom stereocenters. The van der Waals surface area contributed by atoms with E-state index < -0.39 is 0 Å². The number of rotatable bonds is 3. The van der Waals surface area contributed by atoms with Crippen LogP contribution in [0.2, 0.25) is 0 Å². The summed E-state index contributed by atoms with van der Waals surface area (Å²) in [6, 6.07) is 3.97.